The van der Waals surface area contributed by atoms with Gasteiger partial charge in [-0.2, -0.15) is 0 Å². The summed E-state index contributed by atoms with van der Waals surface area (Å²) < 4.78 is 5.39. The summed E-state index contributed by atoms with van der Waals surface area (Å²) in [7, 11) is 0. The van der Waals surface area contributed by atoms with Crippen LogP contribution in [0.15, 0.2) is 0 Å². The Morgan fingerprint density at radius 2 is 1.48 bits per heavy atom. The van der Waals surface area contributed by atoms with Crippen molar-refractivity contribution in [3.63, 3.8) is 0 Å². The van der Waals surface area contributed by atoms with E-state index in [0.29, 0.717) is 12.8 Å². The Labute approximate surface area is 124 Å². The van der Waals surface area contributed by atoms with E-state index in [4.69, 9.17) is 9.84 Å². The van der Waals surface area contributed by atoms with Crippen molar-refractivity contribution in [3.05, 3.63) is 0 Å². The molecule has 0 aromatic rings. The minimum Gasteiger partial charge on any atom is -0.479 e. The lowest BCUT2D eigenvalue weighted by Crippen LogP contribution is -2.61. The molecule has 2 N–H and O–H groups in total. The quantitative estimate of drug-likeness (QED) is 0.830. The molecule has 0 aromatic carbocycles. The Morgan fingerprint density at radius 1 is 0.952 bits per heavy atom. The largest absolute Gasteiger partial charge is 0.479 e. The molecule has 0 aromatic heterocycles. The molecule has 5 nitrogen and oxygen atoms in total. The lowest BCUT2D eigenvalue weighted by atomic mass is 9.53. The van der Waals surface area contributed by atoms with Gasteiger partial charge in [0.15, 0.2) is 6.10 Å². The van der Waals surface area contributed by atoms with Gasteiger partial charge < -0.3 is 15.2 Å². The van der Waals surface area contributed by atoms with Crippen molar-refractivity contribution in [3.8, 4) is 0 Å². The van der Waals surface area contributed by atoms with Gasteiger partial charge in [-0.25, -0.2) is 4.79 Å². The van der Waals surface area contributed by atoms with Gasteiger partial charge in [-0.3, -0.25) is 4.79 Å². The zero-order valence-electron chi connectivity index (χ0n) is 12.2. The Balaban J connectivity index is 1.42. The fraction of sp³-hybridized carbons (Fsp3) is 0.875. The van der Waals surface area contributed by atoms with Crippen LogP contribution >= 0.6 is 0 Å². The van der Waals surface area contributed by atoms with Crippen molar-refractivity contribution in [1.29, 1.82) is 0 Å². The van der Waals surface area contributed by atoms with Crippen LogP contribution in [0, 0.1) is 17.8 Å². The zero-order chi connectivity index (χ0) is 14.6. The zero-order valence-corrected chi connectivity index (χ0v) is 12.2. The molecule has 5 rings (SSSR count). The molecule has 2 unspecified atom stereocenters. The molecule has 0 radical (unpaired) electrons. The molecule has 5 aliphatic rings. The summed E-state index contributed by atoms with van der Waals surface area (Å²) in [5.74, 6) is 1.31. The van der Waals surface area contributed by atoms with Gasteiger partial charge in [0.2, 0.25) is 5.91 Å². The topological polar surface area (TPSA) is 75.6 Å². The molecule has 21 heavy (non-hydrogen) atoms. The number of carboxylic acids is 1. The monoisotopic (exact) mass is 293 g/mol. The third-order valence-corrected chi connectivity index (χ3v) is 6.01. The first-order chi connectivity index (χ1) is 10.0. The van der Waals surface area contributed by atoms with E-state index in [1.807, 2.05) is 0 Å². The summed E-state index contributed by atoms with van der Waals surface area (Å²) in [6.45, 7) is 0. The minimum absolute atomic E-state index is 0.0174. The molecule has 5 heteroatoms. The van der Waals surface area contributed by atoms with Crippen molar-refractivity contribution in [1.82, 2.24) is 5.32 Å². The van der Waals surface area contributed by atoms with Gasteiger partial charge >= 0.3 is 5.97 Å². The van der Waals surface area contributed by atoms with Crippen LogP contribution in [-0.4, -0.2) is 34.7 Å². The molecule has 4 bridgehead atoms. The summed E-state index contributed by atoms with van der Waals surface area (Å²) in [6, 6.07) is 0. The van der Waals surface area contributed by atoms with Crippen molar-refractivity contribution in [2.45, 2.75) is 69.1 Å². The molecule has 0 spiro atoms. The van der Waals surface area contributed by atoms with E-state index in [9.17, 15) is 9.59 Å². The number of nitrogens with one attached hydrogen (secondary N) is 1. The van der Waals surface area contributed by atoms with Crippen molar-refractivity contribution >= 4 is 11.9 Å². The maximum atomic E-state index is 12.5. The second kappa shape index (κ2) is 4.70. The number of ether oxygens (including phenoxy) is 1. The van der Waals surface area contributed by atoms with E-state index in [-0.39, 0.29) is 11.4 Å². The van der Waals surface area contributed by atoms with Gasteiger partial charge in [0.25, 0.3) is 0 Å². The van der Waals surface area contributed by atoms with Crippen LogP contribution in [0.1, 0.15) is 51.4 Å². The van der Waals surface area contributed by atoms with Crippen LogP contribution in [0.4, 0.5) is 0 Å². The molecular weight excluding hydrogens is 270 g/mol. The fourth-order valence-electron chi connectivity index (χ4n) is 5.62. The fourth-order valence-corrected chi connectivity index (χ4v) is 5.62. The molecule has 1 saturated heterocycles. The van der Waals surface area contributed by atoms with E-state index in [1.165, 1.54) is 19.3 Å². The third-order valence-electron chi connectivity index (χ3n) is 6.01. The van der Waals surface area contributed by atoms with Crippen molar-refractivity contribution < 1.29 is 19.4 Å². The normalized spacial score (nSPS) is 47.5. The third kappa shape index (κ3) is 2.35. The maximum Gasteiger partial charge on any atom is 0.332 e. The number of rotatable bonds is 3. The van der Waals surface area contributed by atoms with Gasteiger partial charge in [-0.1, -0.05) is 0 Å². The predicted octanol–water partition coefficient (Wildman–Crippen LogP) is 1.70. The molecular formula is C16H23NO4. The second-order valence-corrected chi connectivity index (χ2v) is 7.72. The number of hydrogen-bond acceptors (Lipinski definition) is 3. The average molecular weight is 293 g/mol. The Hall–Kier alpha value is -1.10. The molecule has 1 heterocycles. The van der Waals surface area contributed by atoms with E-state index in [2.05, 4.69) is 5.32 Å². The number of carbonyl (C=O) groups excluding carboxylic acids is 1. The van der Waals surface area contributed by atoms with E-state index in [1.54, 1.807) is 0 Å². The van der Waals surface area contributed by atoms with Crippen LogP contribution in [0.3, 0.4) is 0 Å². The maximum absolute atomic E-state index is 12.5. The number of carboxylic acid groups (broad SMARTS) is 1. The number of amides is 1. The lowest BCUT2D eigenvalue weighted by Gasteiger charge is -2.57. The van der Waals surface area contributed by atoms with E-state index in [0.717, 1.165) is 37.0 Å². The summed E-state index contributed by atoms with van der Waals surface area (Å²) in [5, 5.41) is 12.2. The molecule has 116 valence electrons. The molecule has 4 aliphatic carbocycles. The van der Waals surface area contributed by atoms with Crippen molar-refractivity contribution in [2.75, 3.05) is 0 Å². The molecule has 2 atom stereocenters. The second-order valence-electron chi connectivity index (χ2n) is 7.72. The summed E-state index contributed by atoms with van der Waals surface area (Å²) in [4.78, 5) is 23.4. The Morgan fingerprint density at radius 3 is 1.95 bits per heavy atom. The van der Waals surface area contributed by atoms with Crippen LogP contribution in [-0.2, 0) is 14.3 Å². The summed E-state index contributed by atoms with van der Waals surface area (Å²) in [5.41, 5.74) is -0.0174. The standard InChI is InChI=1S/C16H23NO4/c18-14(12-1-2-13(21-12)15(19)20)17-16-6-9-3-10(7-16)5-11(4-9)8-16/h9-13H,1-8H2,(H,17,18)(H,19,20). The lowest BCUT2D eigenvalue weighted by molar-refractivity contribution is -0.152. The minimum atomic E-state index is -0.958. The molecule has 5 fully saturated rings. The molecule has 1 aliphatic heterocycles. The highest BCUT2D eigenvalue weighted by Crippen LogP contribution is 2.55. The van der Waals surface area contributed by atoms with Crippen LogP contribution in [0.2, 0.25) is 0 Å². The van der Waals surface area contributed by atoms with Gasteiger partial charge in [0, 0.05) is 5.54 Å². The summed E-state index contributed by atoms with van der Waals surface area (Å²) in [6.07, 6.45) is 6.95. The first kappa shape index (κ1) is 13.6. The number of carbonyl (C=O) groups is 2. The predicted molar refractivity (Wildman–Crippen MR) is 74.6 cm³/mol. The number of hydrogen-bond donors (Lipinski definition) is 2. The highest BCUT2D eigenvalue weighted by Gasteiger charge is 2.52. The van der Waals surface area contributed by atoms with E-state index >= 15 is 0 Å². The average Bonchev–Trinajstić information content (AvgIpc) is 2.85. The first-order valence-corrected chi connectivity index (χ1v) is 8.23. The Bertz CT molecular complexity index is 440. The first-order valence-electron chi connectivity index (χ1n) is 8.23. The molecule has 1 amide bonds. The van der Waals surface area contributed by atoms with Gasteiger partial charge in [-0.05, 0) is 69.1 Å². The smallest absolute Gasteiger partial charge is 0.332 e. The van der Waals surface area contributed by atoms with Crippen LogP contribution in [0.5, 0.6) is 0 Å². The van der Waals surface area contributed by atoms with Gasteiger partial charge in [0.05, 0.1) is 0 Å². The van der Waals surface area contributed by atoms with Crippen LogP contribution < -0.4 is 5.32 Å². The van der Waals surface area contributed by atoms with E-state index < -0.39 is 18.2 Å². The molecule has 4 saturated carbocycles. The van der Waals surface area contributed by atoms with Gasteiger partial charge in [0.1, 0.15) is 6.10 Å². The van der Waals surface area contributed by atoms with Crippen LogP contribution in [0.25, 0.3) is 0 Å². The highest BCUT2D eigenvalue weighted by molar-refractivity contribution is 5.83. The SMILES string of the molecule is O=C(O)C1CCC(C(=O)NC23CC4CC(CC(C4)C2)C3)O1. The number of aliphatic carboxylic acids is 1. The van der Waals surface area contributed by atoms with Crippen molar-refractivity contribution in [2.24, 2.45) is 17.8 Å². The Kier molecular flexibility index (Phi) is 3.03. The summed E-state index contributed by atoms with van der Waals surface area (Å²) >= 11 is 0. The van der Waals surface area contributed by atoms with Gasteiger partial charge in [-0.15, -0.1) is 0 Å². The highest BCUT2D eigenvalue weighted by atomic mass is 16.5.